The van der Waals surface area contributed by atoms with Gasteiger partial charge in [0.25, 0.3) is 5.91 Å². The summed E-state index contributed by atoms with van der Waals surface area (Å²) in [5, 5.41) is 2.74. The SMILES string of the molecule is CCCn1cc(Br)cc1C(=O)NCC(=O)N1CCCCC1. The first-order chi connectivity index (χ1) is 10.1. The Kier molecular flexibility index (Phi) is 5.85. The summed E-state index contributed by atoms with van der Waals surface area (Å²) < 4.78 is 2.79. The fourth-order valence-electron chi connectivity index (χ4n) is 2.59. The molecule has 1 aromatic rings. The van der Waals surface area contributed by atoms with Crippen LogP contribution < -0.4 is 5.32 Å². The van der Waals surface area contributed by atoms with E-state index in [1.165, 1.54) is 6.42 Å². The molecule has 0 unspecified atom stereocenters. The lowest BCUT2D eigenvalue weighted by Gasteiger charge is -2.26. The van der Waals surface area contributed by atoms with Crippen LogP contribution >= 0.6 is 15.9 Å². The predicted octanol–water partition coefficient (Wildman–Crippen LogP) is 2.40. The molecule has 2 rings (SSSR count). The summed E-state index contributed by atoms with van der Waals surface area (Å²) in [5.74, 6) is -0.185. The molecule has 1 saturated heterocycles. The Morgan fingerprint density at radius 1 is 1.29 bits per heavy atom. The lowest BCUT2D eigenvalue weighted by Crippen LogP contribution is -2.42. The third kappa shape index (κ3) is 4.33. The highest BCUT2D eigenvalue weighted by Gasteiger charge is 2.18. The Labute approximate surface area is 133 Å². The van der Waals surface area contributed by atoms with E-state index in [1.807, 2.05) is 15.7 Å². The molecule has 0 atom stereocenters. The van der Waals surface area contributed by atoms with Gasteiger partial charge >= 0.3 is 0 Å². The second-order valence-corrected chi connectivity index (χ2v) is 6.28. The van der Waals surface area contributed by atoms with Crippen LogP contribution in [0.1, 0.15) is 43.1 Å². The number of halogens is 1. The van der Waals surface area contributed by atoms with E-state index in [4.69, 9.17) is 0 Å². The van der Waals surface area contributed by atoms with Crippen molar-refractivity contribution < 1.29 is 9.59 Å². The highest BCUT2D eigenvalue weighted by atomic mass is 79.9. The second kappa shape index (κ2) is 7.64. The predicted molar refractivity (Wildman–Crippen MR) is 85.2 cm³/mol. The number of amides is 2. The Morgan fingerprint density at radius 3 is 2.67 bits per heavy atom. The maximum absolute atomic E-state index is 12.2. The van der Waals surface area contributed by atoms with Gasteiger partial charge in [0, 0.05) is 30.3 Å². The van der Waals surface area contributed by atoms with E-state index in [0.29, 0.717) is 5.69 Å². The zero-order valence-corrected chi connectivity index (χ0v) is 14.0. The molecule has 6 heteroatoms. The van der Waals surface area contributed by atoms with Crippen molar-refractivity contribution in [2.75, 3.05) is 19.6 Å². The minimum absolute atomic E-state index is 0.00992. The molecule has 2 heterocycles. The minimum atomic E-state index is -0.195. The Balaban J connectivity index is 1.90. The number of rotatable bonds is 5. The van der Waals surface area contributed by atoms with Crippen LogP contribution in [-0.4, -0.2) is 40.9 Å². The minimum Gasteiger partial charge on any atom is -0.342 e. The third-order valence-corrected chi connectivity index (χ3v) is 4.10. The molecule has 0 bridgehead atoms. The topological polar surface area (TPSA) is 54.3 Å². The first-order valence-corrected chi connectivity index (χ1v) is 8.32. The first kappa shape index (κ1) is 16.1. The normalized spacial score (nSPS) is 15.0. The van der Waals surface area contributed by atoms with Crippen LogP contribution in [0.3, 0.4) is 0 Å². The molecule has 0 aliphatic carbocycles. The number of hydrogen-bond acceptors (Lipinski definition) is 2. The van der Waals surface area contributed by atoms with Gasteiger partial charge in [0.1, 0.15) is 5.69 Å². The summed E-state index contributed by atoms with van der Waals surface area (Å²) in [6.45, 7) is 4.55. The number of piperidine rings is 1. The highest BCUT2D eigenvalue weighted by Crippen LogP contribution is 2.15. The molecule has 1 N–H and O–H groups in total. The number of aryl methyl sites for hydroxylation is 1. The highest BCUT2D eigenvalue weighted by molar-refractivity contribution is 9.10. The molecular weight excluding hydrogens is 334 g/mol. The number of carbonyl (C=O) groups is 2. The van der Waals surface area contributed by atoms with E-state index in [0.717, 1.165) is 43.4 Å². The zero-order valence-electron chi connectivity index (χ0n) is 12.4. The quantitative estimate of drug-likeness (QED) is 0.881. The van der Waals surface area contributed by atoms with Crippen LogP contribution in [0.4, 0.5) is 0 Å². The van der Waals surface area contributed by atoms with Crippen molar-refractivity contribution in [1.82, 2.24) is 14.8 Å². The summed E-state index contributed by atoms with van der Waals surface area (Å²) in [6.07, 6.45) is 6.16. The lowest BCUT2D eigenvalue weighted by molar-refractivity contribution is -0.130. The molecule has 0 aromatic carbocycles. The smallest absolute Gasteiger partial charge is 0.268 e. The summed E-state index contributed by atoms with van der Waals surface area (Å²) in [5.41, 5.74) is 0.593. The number of hydrogen-bond donors (Lipinski definition) is 1. The van der Waals surface area contributed by atoms with Crippen molar-refractivity contribution >= 4 is 27.7 Å². The Morgan fingerprint density at radius 2 is 2.00 bits per heavy atom. The van der Waals surface area contributed by atoms with E-state index in [-0.39, 0.29) is 18.4 Å². The van der Waals surface area contributed by atoms with Crippen molar-refractivity contribution in [3.63, 3.8) is 0 Å². The van der Waals surface area contributed by atoms with Gasteiger partial charge in [-0.15, -0.1) is 0 Å². The lowest BCUT2D eigenvalue weighted by atomic mass is 10.1. The van der Waals surface area contributed by atoms with Crippen molar-refractivity contribution in [2.24, 2.45) is 0 Å². The van der Waals surface area contributed by atoms with Gasteiger partial charge in [-0.3, -0.25) is 9.59 Å². The number of nitrogens with one attached hydrogen (secondary N) is 1. The van der Waals surface area contributed by atoms with E-state index in [2.05, 4.69) is 28.2 Å². The molecule has 1 fully saturated rings. The number of likely N-dealkylation sites (tertiary alicyclic amines) is 1. The van der Waals surface area contributed by atoms with E-state index >= 15 is 0 Å². The summed E-state index contributed by atoms with van der Waals surface area (Å²) in [7, 11) is 0. The molecule has 2 amide bonds. The Bertz CT molecular complexity index is 507. The molecule has 21 heavy (non-hydrogen) atoms. The molecule has 1 aliphatic rings. The van der Waals surface area contributed by atoms with Gasteiger partial charge in [0.2, 0.25) is 5.91 Å². The molecule has 1 aromatic heterocycles. The largest absolute Gasteiger partial charge is 0.342 e. The van der Waals surface area contributed by atoms with Gasteiger partial charge in [-0.25, -0.2) is 0 Å². The zero-order chi connectivity index (χ0) is 15.2. The standard InChI is InChI=1S/C15H22BrN3O2/c1-2-6-19-11-12(16)9-13(19)15(21)17-10-14(20)18-7-4-3-5-8-18/h9,11H,2-8,10H2,1H3,(H,17,21). The fraction of sp³-hybridized carbons (Fsp3) is 0.600. The average molecular weight is 356 g/mol. The van der Waals surface area contributed by atoms with Crippen molar-refractivity contribution in [3.8, 4) is 0 Å². The van der Waals surface area contributed by atoms with Crippen LogP contribution in [0.15, 0.2) is 16.7 Å². The van der Waals surface area contributed by atoms with E-state index < -0.39 is 0 Å². The van der Waals surface area contributed by atoms with Crippen LogP contribution in [0.2, 0.25) is 0 Å². The van der Waals surface area contributed by atoms with Gasteiger partial charge in [0.05, 0.1) is 6.54 Å². The maximum atomic E-state index is 12.2. The van der Waals surface area contributed by atoms with Gasteiger partial charge in [0.15, 0.2) is 0 Å². The fourth-order valence-corrected chi connectivity index (χ4v) is 3.06. The molecule has 1 aliphatic heterocycles. The monoisotopic (exact) mass is 355 g/mol. The van der Waals surface area contributed by atoms with Gasteiger partial charge in [-0.05, 0) is 47.7 Å². The van der Waals surface area contributed by atoms with Crippen molar-refractivity contribution in [1.29, 1.82) is 0 Å². The van der Waals surface area contributed by atoms with Crippen molar-refractivity contribution in [3.05, 3.63) is 22.4 Å². The number of carbonyl (C=O) groups excluding carboxylic acids is 2. The number of nitrogens with zero attached hydrogens (tertiary/aromatic N) is 2. The second-order valence-electron chi connectivity index (χ2n) is 5.36. The molecule has 0 radical (unpaired) electrons. The molecular formula is C15H22BrN3O2. The molecule has 116 valence electrons. The summed E-state index contributed by atoms with van der Waals surface area (Å²) in [4.78, 5) is 26.1. The molecule has 0 spiro atoms. The summed E-state index contributed by atoms with van der Waals surface area (Å²) in [6, 6.07) is 1.79. The van der Waals surface area contributed by atoms with Gasteiger partial charge in [-0.2, -0.15) is 0 Å². The van der Waals surface area contributed by atoms with Crippen LogP contribution in [0.5, 0.6) is 0 Å². The van der Waals surface area contributed by atoms with Crippen LogP contribution in [0, 0.1) is 0 Å². The third-order valence-electron chi connectivity index (χ3n) is 3.67. The average Bonchev–Trinajstić information content (AvgIpc) is 2.86. The van der Waals surface area contributed by atoms with Crippen LogP contribution in [0.25, 0.3) is 0 Å². The first-order valence-electron chi connectivity index (χ1n) is 7.53. The van der Waals surface area contributed by atoms with E-state index in [1.54, 1.807) is 6.07 Å². The molecule has 5 nitrogen and oxygen atoms in total. The Hall–Kier alpha value is -1.30. The maximum Gasteiger partial charge on any atom is 0.268 e. The van der Waals surface area contributed by atoms with Gasteiger partial charge < -0.3 is 14.8 Å². The van der Waals surface area contributed by atoms with E-state index in [9.17, 15) is 9.59 Å². The molecule has 0 saturated carbocycles. The van der Waals surface area contributed by atoms with Gasteiger partial charge in [-0.1, -0.05) is 6.92 Å². The van der Waals surface area contributed by atoms with Crippen LogP contribution in [-0.2, 0) is 11.3 Å². The summed E-state index contributed by atoms with van der Waals surface area (Å²) >= 11 is 3.39. The number of aromatic nitrogens is 1. The van der Waals surface area contributed by atoms with Crippen molar-refractivity contribution in [2.45, 2.75) is 39.2 Å².